The Morgan fingerprint density at radius 1 is 1.60 bits per heavy atom. The van der Waals surface area contributed by atoms with Gasteiger partial charge in [0, 0.05) is 0 Å². The Labute approximate surface area is 66.5 Å². The second-order valence-electron chi connectivity index (χ2n) is 2.01. The molecule has 0 aromatic carbocycles. The lowest BCUT2D eigenvalue weighted by atomic mass is 10.2. The summed E-state index contributed by atoms with van der Waals surface area (Å²) in [6.45, 7) is 4.16. The molecule has 1 atom stereocenters. The van der Waals surface area contributed by atoms with Crippen LogP contribution in [0.3, 0.4) is 0 Å². The maximum atomic E-state index is 10.8. The maximum Gasteiger partial charge on any atom is 0.324 e. The van der Waals surface area contributed by atoms with Crippen molar-refractivity contribution in [2.24, 2.45) is 0 Å². The van der Waals surface area contributed by atoms with Crippen LogP contribution in [0.2, 0.25) is 0 Å². The van der Waals surface area contributed by atoms with Gasteiger partial charge in [0.25, 0.3) is 0 Å². The third kappa shape index (κ3) is 3.72. The summed E-state index contributed by atoms with van der Waals surface area (Å²) in [4.78, 5) is 10.8. The van der Waals surface area contributed by atoms with Crippen molar-refractivity contribution >= 4 is 17.6 Å². The summed E-state index contributed by atoms with van der Waals surface area (Å²) in [7, 11) is 0. The number of esters is 1. The molecular weight excluding hydrogens is 152 g/mol. The fraction of sp³-hybridized carbons (Fsp3) is 0.857. The van der Waals surface area contributed by atoms with Crippen molar-refractivity contribution in [3.05, 3.63) is 0 Å². The zero-order chi connectivity index (χ0) is 7.98. The van der Waals surface area contributed by atoms with E-state index in [9.17, 15) is 4.79 Å². The van der Waals surface area contributed by atoms with Gasteiger partial charge in [0.1, 0.15) is 5.38 Å². The van der Waals surface area contributed by atoms with E-state index in [0.717, 1.165) is 6.42 Å². The number of halogens is 1. The van der Waals surface area contributed by atoms with Gasteiger partial charge in [-0.1, -0.05) is 13.3 Å². The lowest BCUT2D eigenvalue weighted by Crippen LogP contribution is -2.17. The first-order chi connectivity index (χ1) is 4.72. The van der Waals surface area contributed by atoms with Gasteiger partial charge in [-0.05, 0) is 13.3 Å². The van der Waals surface area contributed by atoms with Crippen LogP contribution < -0.4 is 0 Å². The molecule has 0 amide bonds. The second kappa shape index (κ2) is 5.54. The summed E-state index contributed by atoms with van der Waals surface area (Å²) < 4.78 is 4.69. The normalized spacial score (nSPS) is 12.7. The van der Waals surface area contributed by atoms with E-state index >= 15 is 0 Å². The van der Waals surface area contributed by atoms with Gasteiger partial charge in [0.15, 0.2) is 0 Å². The number of rotatable bonds is 4. The Morgan fingerprint density at radius 2 is 2.20 bits per heavy atom. The number of alkyl halides is 1. The van der Waals surface area contributed by atoms with Crippen molar-refractivity contribution in [2.75, 3.05) is 6.61 Å². The number of carbonyl (C=O) groups is 1. The molecule has 0 radical (unpaired) electrons. The zero-order valence-electron chi connectivity index (χ0n) is 6.39. The van der Waals surface area contributed by atoms with E-state index in [-0.39, 0.29) is 5.97 Å². The number of hydrogen-bond acceptors (Lipinski definition) is 2. The van der Waals surface area contributed by atoms with Gasteiger partial charge in [0.2, 0.25) is 0 Å². The molecule has 0 spiro atoms. The van der Waals surface area contributed by atoms with Crippen LogP contribution in [0.5, 0.6) is 0 Å². The monoisotopic (exact) mass is 164 g/mol. The van der Waals surface area contributed by atoms with E-state index in [4.69, 9.17) is 11.6 Å². The van der Waals surface area contributed by atoms with Gasteiger partial charge in [-0.2, -0.15) is 0 Å². The highest BCUT2D eigenvalue weighted by atomic mass is 35.5. The Kier molecular flexibility index (Phi) is 5.40. The molecule has 0 N–H and O–H groups in total. The highest BCUT2D eigenvalue weighted by Crippen LogP contribution is 2.06. The Balaban J connectivity index is 3.49. The van der Waals surface area contributed by atoms with Crippen LogP contribution in [0.1, 0.15) is 26.7 Å². The van der Waals surface area contributed by atoms with E-state index < -0.39 is 5.38 Å². The largest absolute Gasteiger partial charge is 0.465 e. The van der Waals surface area contributed by atoms with E-state index in [1.165, 1.54) is 0 Å². The first kappa shape index (κ1) is 9.76. The minimum Gasteiger partial charge on any atom is -0.465 e. The van der Waals surface area contributed by atoms with Crippen LogP contribution in [0.4, 0.5) is 0 Å². The predicted molar refractivity (Wildman–Crippen MR) is 41.2 cm³/mol. The molecule has 0 aliphatic carbocycles. The van der Waals surface area contributed by atoms with Gasteiger partial charge in [-0.3, -0.25) is 4.79 Å². The van der Waals surface area contributed by atoms with Crippen LogP contribution in [-0.2, 0) is 9.53 Å². The average molecular weight is 165 g/mol. The van der Waals surface area contributed by atoms with Crippen molar-refractivity contribution in [3.63, 3.8) is 0 Å². The third-order valence-electron chi connectivity index (χ3n) is 1.08. The topological polar surface area (TPSA) is 26.3 Å². The van der Waals surface area contributed by atoms with Crippen LogP contribution in [-0.4, -0.2) is 18.0 Å². The summed E-state index contributed by atoms with van der Waals surface area (Å²) in [6.07, 6.45) is 1.60. The molecule has 0 heterocycles. The second-order valence-corrected chi connectivity index (χ2v) is 2.54. The summed E-state index contributed by atoms with van der Waals surface area (Å²) in [5.41, 5.74) is 0. The van der Waals surface area contributed by atoms with Gasteiger partial charge >= 0.3 is 5.97 Å². The molecule has 10 heavy (non-hydrogen) atoms. The van der Waals surface area contributed by atoms with Crippen LogP contribution in [0.25, 0.3) is 0 Å². The predicted octanol–water partition coefficient (Wildman–Crippen LogP) is 1.96. The summed E-state index contributed by atoms with van der Waals surface area (Å²) in [6, 6.07) is 0. The first-order valence-corrected chi connectivity index (χ1v) is 3.96. The number of ether oxygens (including phenoxy) is 1. The minimum atomic E-state index is -0.454. The summed E-state index contributed by atoms with van der Waals surface area (Å²) >= 11 is 5.64. The van der Waals surface area contributed by atoms with E-state index in [0.29, 0.717) is 13.0 Å². The van der Waals surface area contributed by atoms with Crippen LogP contribution in [0.15, 0.2) is 0 Å². The highest BCUT2D eigenvalue weighted by Gasteiger charge is 2.13. The molecular formula is C7H13ClO2. The minimum absolute atomic E-state index is 0.300. The van der Waals surface area contributed by atoms with Crippen LogP contribution >= 0.6 is 11.6 Å². The number of hydrogen-bond donors (Lipinski definition) is 0. The van der Waals surface area contributed by atoms with E-state index in [1.807, 2.05) is 6.92 Å². The Morgan fingerprint density at radius 3 is 2.60 bits per heavy atom. The summed E-state index contributed by atoms with van der Waals surface area (Å²) in [5, 5.41) is -0.454. The molecule has 2 nitrogen and oxygen atoms in total. The SMILES string of the molecule is CCC[C@@H](Cl)C(=O)OCC. The molecule has 0 saturated carbocycles. The highest BCUT2D eigenvalue weighted by molar-refractivity contribution is 6.29. The molecule has 0 saturated heterocycles. The van der Waals surface area contributed by atoms with Crippen LogP contribution in [0, 0.1) is 0 Å². The quantitative estimate of drug-likeness (QED) is 0.469. The molecule has 0 rings (SSSR count). The van der Waals surface area contributed by atoms with Gasteiger partial charge in [-0.25, -0.2) is 0 Å². The van der Waals surface area contributed by atoms with E-state index in [1.54, 1.807) is 6.92 Å². The number of carbonyl (C=O) groups excluding carboxylic acids is 1. The van der Waals surface area contributed by atoms with Crippen molar-refractivity contribution in [2.45, 2.75) is 32.1 Å². The average Bonchev–Trinajstić information content (AvgIpc) is 1.89. The smallest absolute Gasteiger partial charge is 0.324 e. The fourth-order valence-corrected chi connectivity index (χ4v) is 0.885. The molecule has 0 unspecified atom stereocenters. The van der Waals surface area contributed by atoms with Gasteiger partial charge in [-0.15, -0.1) is 11.6 Å². The molecule has 0 aromatic heterocycles. The zero-order valence-corrected chi connectivity index (χ0v) is 7.15. The van der Waals surface area contributed by atoms with Gasteiger partial charge in [0.05, 0.1) is 6.61 Å². The van der Waals surface area contributed by atoms with Crippen molar-refractivity contribution in [1.29, 1.82) is 0 Å². The summed E-state index contributed by atoms with van der Waals surface area (Å²) in [5.74, 6) is -0.300. The third-order valence-corrected chi connectivity index (χ3v) is 1.48. The maximum absolute atomic E-state index is 10.8. The molecule has 0 fully saturated rings. The van der Waals surface area contributed by atoms with Crippen molar-refractivity contribution in [1.82, 2.24) is 0 Å². The molecule has 0 aromatic rings. The fourth-order valence-electron chi connectivity index (χ4n) is 0.604. The molecule has 0 bridgehead atoms. The lowest BCUT2D eigenvalue weighted by Gasteiger charge is -2.05. The van der Waals surface area contributed by atoms with E-state index in [2.05, 4.69) is 4.74 Å². The Bertz CT molecular complexity index is 104. The Hall–Kier alpha value is -0.240. The standard InChI is InChI=1S/C7H13ClO2/c1-3-5-6(8)7(9)10-4-2/h6H,3-5H2,1-2H3/t6-/m1/s1. The lowest BCUT2D eigenvalue weighted by molar-refractivity contribution is -0.142. The van der Waals surface area contributed by atoms with Crippen molar-refractivity contribution in [3.8, 4) is 0 Å². The molecule has 0 aliphatic heterocycles. The molecule has 60 valence electrons. The van der Waals surface area contributed by atoms with Crippen molar-refractivity contribution < 1.29 is 9.53 Å². The first-order valence-electron chi connectivity index (χ1n) is 3.53. The molecule has 3 heteroatoms. The van der Waals surface area contributed by atoms with Gasteiger partial charge < -0.3 is 4.74 Å². The molecule has 0 aliphatic rings.